The van der Waals surface area contributed by atoms with Gasteiger partial charge in [-0.05, 0) is 12.1 Å². The first-order valence-electron chi connectivity index (χ1n) is 3.89. The summed E-state index contributed by atoms with van der Waals surface area (Å²) in [6.07, 6.45) is 1.16. The summed E-state index contributed by atoms with van der Waals surface area (Å²) in [5.41, 5.74) is 0.412. The first-order valence-corrected chi connectivity index (χ1v) is 3.89. The monoisotopic (exact) mass is 188 g/mol. The zero-order chi connectivity index (χ0) is 10.4. The fourth-order valence-electron chi connectivity index (χ4n) is 0.832. The molecule has 4 nitrogen and oxygen atoms in total. The minimum absolute atomic E-state index is 0.325. The van der Waals surface area contributed by atoms with E-state index in [-0.39, 0.29) is 5.57 Å². The standard InChI is InChI=1S/C10H8N2O2/c11-6-8(10(13)14)7-12-9-4-2-1-3-5-9/h1-5,7,12H,(H,13,14)/b8-7-. The van der Waals surface area contributed by atoms with Gasteiger partial charge >= 0.3 is 5.97 Å². The molecule has 70 valence electrons. The second-order valence-corrected chi connectivity index (χ2v) is 2.49. The lowest BCUT2D eigenvalue weighted by molar-refractivity contribution is -0.132. The predicted octanol–water partition coefficient (Wildman–Crippen LogP) is 1.59. The van der Waals surface area contributed by atoms with E-state index in [9.17, 15) is 4.79 Å². The number of hydrogen-bond donors (Lipinski definition) is 2. The summed E-state index contributed by atoms with van der Waals surface area (Å²) in [6.45, 7) is 0. The van der Waals surface area contributed by atoms with Gasteiger partial charge in [-0.3, -0.25) is 0 Å². The van der Waals surface area contributed by atoms with Gasteiger partial charge in [-0.1, -0.05) is 18.2 Å². The Morgan fingerprint density at radius 3 is 2.57 bits per heavy atom. The van der Waals surface area contributed by atoms with E-state index >= 15 is 0 Å². The van der Waals surface area contributed by atoms with Crippen molar-refractivity contribution in [1.82, 2.24) is 0 Å². The number of nitriles is 1. The fourth-order valence-corrected chi connectivity index (χ4v) is 0.832. The molecule has 0 saturated carbocycles. The van der Waals surface area contributed by atoms with E-state index in [1.165, 1.54) is 0 Å². The van der Waals surface area contributed by atoms with Gasteiger partial charge in [0.05, 0.1) is 0 Å². The number of rotatable bonds is 3. The Hall–Kier alpha value is -2.28. The maximum absolute atomic E-state index is 10.4. The zero-order valence-corrected chi connectivity index (χ0v) is 7.27. The first-order chi connectivity index (χ1) is 6.74. The molecule has 0 unspecified atom stereocenters. The first kappa shape index (κ1) is 9.81. The van der Waals surface area contributed by atoms with Crippen molar-refractivity contribution < 1.29 is 9.90 Å². The molecule has 0 aliphatic heterocycles. The normalized spacial score (nSPS) is 10.4. The molecule has 0 aliphatic carbocycles. The molecule has 0 radical (unpaired) electrons. The predicted molar refractivity (Wildman–Crippen MR) is 51.4 cm³/mol. The van der Waals surface area contributed by atoms with Gasteiger partial charge in [0.15, 0.2) is 5.57 Å². The second-order valence-electron chi connectivity index (χ2n) is 2.49. The smallest absolute Gasteiger partial charge is 0.347 e. The van der Waals surface area contributed by atoms with Gasteiger partial charge in [-0.2, -0.15) is 5.26 Å². The highest BCUT2D eigenvalue weighted by atomic mass is 16.4. The van der Waals surface area contributed by atoms with E-state index in [1.54, 1.807) is 18.2 Å². The van der Waals surface area contributed by atoms with Crippen molar-refractivity contribution in [3.05, 3.63) is 42.1 Å². The fraction of sp³-hybridized carbons (Fsp3) is 0. The molecule has 0 aliphatic rings. The van der Waals surface area contributed by atoms with E-state index in [0.717, 1.165) is 11.9 Å². The number of nitrogens with zero attached hydrogens (tertiary/aromatic N) is 1. The molecule has 1 aromatic carbocycles. The molecule has 0 spiro atoms. The number of aliphatic carboxylic acids is 1. The van der Waals surface area contributed by atoms with E-state index < -0.39 is 5.97 Å². The number of carboxylic acid groups (broad SMARTS) is 1. The minimum atomic E-state index is -1.24. The summed E-state index contributed by atoms with van der Waals surface area (Å²) >= 11 is 0. The molecule has 0 amide bonds. The van der Waals surface area contributed by atoms with E-state index in [1.807, 2.05) is 18.2 Å². The van der Waals surface area contributed by atoms with Crippen LogP contribution in [0.25, 0.3) is 0 Å². The summed E-state index contributed by atoms with van der Waals surface area (Å²) in [7, 11) is 0. The largest absolute Gasteiger partial charge is 0.477 e. The lowest BCUT2D eigenvalue weighted by Gasteiger charge is -1.98. The van der Waals surface area contributed by atoms with E-state index in [0.29, 0.717) is 0 Å². The Morgan fingerprint density at radius 1 is 1.43 bits per heavy atom. The highest BCUT2D eigenvalue weighted by molar-refractivity contribution is 5.91. The molecule has 0 aromatic heterocycles. The minimum Gasteiger partial charge on any atom is -0.477 e. The molecule has 0 saturated heterocycles. The Balaban J connectivity index is 2.73. The third-order valence-corrected chi connectivity index (χ3v) is 1.51. The SMILES string of the molecule is N#C/C(=C/Nc1ccccc1)C(=O)O. The van der Waals surface area contributed by atoms with Crippen molar-refractivity contribution in [2.75, 3.05) is 5.32 Å². The topological polar surface area (TPSA) is 73.1 Å². The molecule has 0 bridgehead atoms. The molecule has 2 N–H and O–H groups in total. The van der Waals surface area contributed by atoms with Crippen LogP contribution in [0.1, 0.15) is 0 Å². The molecule has 0 fully saturated rings. The Morgan fingerprint density at radius 2 is 2.07 bits per heavy atom. The average molecular weight is 188 g/mol. The molecular weight excluding hydrogens is 180 g/mol. The highest BCUT2D eigenvalue weighted by Crippen LogP contribution is 2.05. The van der Waals surface area contributed by atoms with Gasteiger partial charge in [0.25, 0.3) is 0 Å². The number of hydrogen-bond acceptors (Lipinski definition) is 3. The summed E-state index contributed by atoms with van der Waals surface area (Å²) in [5.74, 6) is -1.24. The molecule has 14 heavy (non-hydrogen) atoms. The number of carbonyl (C=O) groups is 1. The second kappa shape index (κ2) is 4.67. The van der Waals surface area contributed by atoms with Gasteiger partial charge in [-0.15, -0.1) is 0 Å². The number of nitrogens with one attached hydrogen (secondary N) is 1. The summed E-state index contributed by atoms with van der Waals surface area (Å²) in [6, 6.07) is 10.6. The van der Waals surface area contributed by atoms with Crippen molar-refractivity contribution in [3.63, 3.8) is 0 Å². The third-order valence-electron chi connectivity index (χ3n) is 1.51. The summed E-state index contributed by atoms with van der Waals surface area (Å²) in [5, 5.41) is 19.7. The lowest BCUT2D eigenvalue weighted by atomic mass is 10.3. The van der Waals surface area contributed by atoms with Crippen LogP contribution in [-0.2, 0) is 4.79 Å². The van der Waals surface area contributed by atoms with Crippen LogP contribution in [0.4, 0.5) is 5.69 Å². The van der Waals surface area contributed by atoms with Gasteiger partial charge in [0, 0.05) is 11.9 Å². The van der Waals surface area contributed by atoms with Crippen LogP contribution < -0.4 is 5.32 Å². The van der Waals surface area contributed by atoms with Crippen LogP contribution in [-0.4, -0.2) is 11.1 Å². The maximum Gasteiger partial charge on any atom is 0.347 e. The van der Waals surface area contributed by atoms with Gasteiger partial charge in [0.1, 0.15) is 6.07 Å². The van der Waals surface area contributed by atoms with Crippen LogP contribution in [0.15, 0.2) is 42.1 Å². The van der Waals surface area contributed by atoms with Crippen molar-refractivity contribution in [1.29, 1.82) is 5.26 Å². The van der Waals surface area contributed by atoms with Gasteiger partial charge in [0.2, 0.25) is 0 Å². The van der Waals surface area contributed by atoms with Crippen molar-refractivity contribution in [2.45, 2.75) is 0 Å². The van der Waals surface area contributed by atoms with Crippen LogP contribution in [0.5, 0.6) is 0 Å². The van der Waals surface area contributed by atoms with Crippen LogP contribution in [0.3, 0.4) is 0 Å². The maximum atomic E-state index is 10.4. The molecule has 0 atom stereocenters. The Labute approximate surface area is 81.1 Å². The molecule has 0 heterocycles. The average Bonchev–Trinajstić information content (AvgIpc) is 2.20. The van der Waals surface area contributed by atoms with Crippen molar-refractivity contribution in [3.8, 4) is 6.07 Å². The van der Waals surface area contributed by atoms with Crippen LogP contribution in [0, 0.1) is 11.3 Å². The van der Waals surface area contributed by atoms with E-state index in [2.05, 4.69) is 5.32 Å². The van der Waals surface area contributed by atoms with Crippen molar-refractivity contribution >= 4 is 11.7 Å². The molecule has 1 aromatic rings. The number of benzene rings is 1. The Kier molecular flexibility index (Phi) is 3.27. The Bertz CT molecular complexity index is 390. The van der Waals surface area contributed by atoms with E-state index in [4.69, 9.17) is 10.4 Å². The summed E-state index contributed by atoms with van der Waals surface area (Å²) in [4.78, 5) is 10.4. The molecular formula is C10H8N2O2. The number of para-hydroxylation sites is 1. The van der Waals surface area contributed by atoms with Crippen LogP contribution in [0.2, 0.25) is 0 Å². The highest BCUT2D eigenvalue weighted by Gasteiger charge is 2.03. The number of carboxylic acids is 1. The zero-order valence-electron chi connectivity index (χ0n) is 7.27. The van der Waals surface area contributed by atoms with Crippen molar-refractivity contribution in [2.24, 2.45) is 0 Å². The van der Waals surface area contributed by atoms with Crippen LogP contribution >= 0.6 is 0 Å². The van der Waals surface area contributed by atoms with Gasteiger partial charge < -0.3 is 10.4 Å². The molecule has 4 heteroatoms. The third kappa shape index (κ3) is 2.64. The molecule has 1 rings (SSSR count). The summed E-state index contributed by atoms with van der Waals surface area (Å²) < 4.78 is 0. The lowest BCUT2D eigenvalue weighted by Crippen LogP contribution is -2.01. The number of anilines is 1. The quantitative estimate of drug-likeness (QED) is 0.558. The van der Waals surface area contributed by atoms with Gasteiger partial charge in [-0.25, -0.2) is 4.79 Å².